The van der Waals surface area contributed by atoms with Gasteiger partial charge in [-0.2, -0.15) is 0 Å². The van der Waals surface area contributed by atoms with Crippen LogP contribution in [0.1, 0.15) is 13.8 Å². The minimum Gasteiger partial charge on any atom is -0.394 e. The van der Waals surface area contributed by atoms with E-state index < -0.39 is 5.54 Å². The molecule has 0 heterocycles. The van der Waals surface area contributed by atoms with Crippen molar-refractivity contribution in [1.82, 2.24) is 5.32 Å². The molecule has 0 spiro atoms. The maximum absolute atomic E-state index is 11.6. The molecule has 17 heavy (non-hydrogen) atoms. The molecule has 0 aliphatic rings. The standard InChI is InChI=1S/C12H17BrN2O2/c1-12(2,8-16)14-7-11(17)15-10-5-3-9(13)4-6-10/h3-6,14,16H,7-8H2,1-2H3,(H,15,17). The third kappa shape index (κ3) is 5.30. The van der Waals surface area contributed by atoms with Crippen LogP contribution in [-0.2, 0) is 4.79 Å². The summed E-state index contributed by atoms with van der Waals surface area (Å²) in [5, 5.41) is 14.8. The van der Waals surface area contributed by atoms with Crippen LogP contribution in [-0.4, -0.2) is 29.7 Å². The molecule has 1 aromatic rings. The van der Waals surface area contributed by atoms with Gasteiger partial charge in [0.1, 0.15) is 0 Å². The zero-order chi connectivity index (χ0) is 12.9. The van der Waals surface area contributed by atoms with Gasteiger partial charge in [0.2, 0.25) is 5.91 Å². The topological polar surface area (TPSA) is 61.4 Å². The number of halogens is 1. The van der Waals surface area contributed by atoms with Gasteiger partial charge in [0.15, 0.2) is 0 Å². The molecule has 0 radical (unpaired) electrons. The summed E-state index contributed by atoms with van der Waals surface area (Å²) in [7, 11) is 0. The SMILES string of the molecule is CC(C)(CO)NCC(=O)Nc1ccc(Br)cc1. The Morgan fingerprint density at radius 2 is 1.94 bits per heavy atom. The highest BCUT2D eigenvalue weighted by atomic mass is 79.9. The van der Waals surface area contributed by atoms with Crippen molar-refractivity contribution in [2.45, 2.75) is 19.4 Å². The predicted octanol–water partition coefficient (Wildman–Crippen LogP) is 1.75. The molecular formula is C12H17BrN2O2. The molecule has 1 rings (SSSR count). The lowest BCUT2D eigenvalue weighted by Gasteiger charge is -2.23. The molecule has 0 saturated carbocycles. The first kappa shape index (κ1) is 14.2. The minimum atomic E-state index is -0.447. The van der Waals surface area contributed by atoms with Crippen molar-refractivity contribution in [1.29, 1.82) is 0 Å². The smallest absolute Gasteiger partial charge is 0.238 e. The lowest BCUT2D eigenvalue weighted by molar-refractivity contribution is -0.115. The monoisotopic (exact) mass is 300 g/mol. The number of aliphatic hydroxyl groups is 1. The van der Waals surface area contributed by atoms with Crippen LogP contribution >= 0.6 is 15.9 Å². The molecule has 0 unspecified atom stereocenters. The molecule has 0 aliphatic heterocycles. The molecule has 1 aromatic carbocycles. The average molecular weight is 301 g/mol. The quantitative estimate of drug-likeness (QED) is 0.776. The first-order valence-corrected chi connectivity index (χ1v) is 6.13. The molecule has 0 aliphatic carbocycles. The van der Waals surface area contributed by atoms with Gasteiger partial charge < -0.3 is 15.7 Å². The largest absolute Gasteiger partial charge is 0.394 e. The Morgan fingerprint density at radius 1 is 1.35 bits per heavy atom. The highest BCUT2D eigenvalue weighted by Gasteiger charge is 2.16. The van der Waals surface area contributed by atoms with Gasteiger partial charge in [-0.3, -0.25) is 4.79 Å². The molecule has 94 valence electrons. The summed E-state index contributed by atoms with van der Waals surface area (Å²) in [6.07, 6.45) is 0. The molecule has 0 bridgehead atoms. The fourth-order valence-electron chi connectivity index (χ4n) is 1.11. The number of nitrogens with one attached hydrogen (secondary N) is 2. The predicted molar refractivity (Wildman–Crippen MR) is 71.9 cm³/mol. The van der Waals surface area contributed by atoms with Gasteiger partial charge in [-0.25, -0.2) is 0 Å². The van der Waals surface area contributed by atoms with E-state index >= 15 is 0 Å². The molecule has 0 atom stereocenters. The van der Waals surface area contributed by atoms with E-state index in [1.54, 1.807) is 0 Å². The number of carbonyl (C=O) groups is 1. The summed E-state index contributed by atoms with van der Waals surface area (Å²) in [6, 6.07) is 7.36. The van der Waals surface area contributed by atoms with Gasteiger partial charge in [0, 0.05) is 15.7 Å². The summed E-state index contributed by atoms with van der Waals surface area (Å²) in [5.41, 5.74) is 0.304. The van der Waals surface area contributed by atoms with Crippen molar-refractivity contribution in [3.8, 4) is 0 Å². The van der Waals surface area contributed by atoms with Gasteiger partial charge >= 0.3 is 0 Å². The lowest BCUT2D eigenvalue weighted by Crippen LogP contribution is -2.46. The molecule has 0 saturated heterocycles. The Balaban J connectivity index is 2.42. The van der Waals surface area contributed by atoms with E-state index in [1.165, 1.54) is 0 Å². The van der Waals surface area contributed by atoms with E-state index in [0.717, 1.165) is 10.2 Å². The van der Waals surface area contributed by atoms with Crippen molar-refractivity contribution in [2.75, 3.05) is 18.5 Å². The first-order chi connectivity index (χ1) is 7.93. The van der Waals surface area contributed by atoms with Gasteiger partial charge in [0.25, 0.3) is 0 Å². The number of benzene rings is 1. The zero-order valence-corrected chi connectivity index (χ0v) is 11.5. The average Bonchev–Trinajstić information content (AvgIpc) is 2.30. The molecular weight excluding hydrogens is 284 g/mol. The number of anilines is 1. The van der Waals surface area contributed by atoms with E-state index in [4.69, 9.17) is 5.11 Å². The van der Waals surface area contributed by atoms with Gasteiger partial charge in [0.05, 0.1) is 13.2 Å². The maximum Gasteiger partial charge on any atom is 0.238 e. The van der Waals surface area contributed by atoms with Crippen molar-refractivity contribution in [2.24, 2.45) is 0 Å². The highest BCUT2D eigenvalue weighted by Crippen LogP contribution is 2.13. The zero-order valence-electron chi connectivity index (χ0n) is 9.96. The van der Waals surface area contributed by atoms with E-state index in [9.17, 15) is 4.79 Å². The molecule has 3 N–H and O–H groups in total. The number of rotatable bonds is 5. The lowest BCUT2D eigenvalue weighted by atomic mass is 10.1. The van der Waals surface area contributed by atoms with Crippen LogP contribution in [0.3, 0.4) is 0 Å². The second kappa shape index (κ2) is 6.14. The van der Waals surface area contributed by atoms with Crippen LogP contribution in [0.4, 0.5) is 5.69 Å². The maximum atomic E-state index is 11.6. The number of hydrogen-bond acceptors (Lipinski definition) is 3. The van der Waals surface area contributed by atoms with Crippen molar-refractivity contribution >= 4 is 27.5 Å². The minimum absolute atomic E-state index is 0.0153. The number of aliphatic hydroxyl groups excluding tert-OH is 1. The van der Waals surface area contributed by atoms with Gasteiger partial charge in [-0.15, -0.1) is 0 Å². The molecule has 5 heteroatoms. The third-order valence-corrected chi connectivity index (χ3v) is 2.78. The van der Waals surface area contributed by atoms with Crippen LogP contribution in [0.2, 0.25) is 0 Å². The van der Waals surface area contributed by atoms with E-state index in [-0.39, 0.29) is 19.1 Å². The Morgan fingerprint density at radius 3 is 2.47 bits per heavy atom. The number of amides is 1. The molecule has 0 fully saturated rings. The van der Waals surface area contributed by atoms with Gasteiger partial charge in [-0.05, 0) is 38.1 Å². The third-order valence-electron chi connectivity index (χ3n) is 2.25. The van der Waals surface area contributed by atoms with E-state index in [0.29, 0.717) is 0 Å². The summed E-state index contributed by atoms with van der Waals surface area (Å²) in [5.74, 6) is -0.131. The Hall–Kier alpha value is -0.910. The van der Waals surface area contributed by atoms with Crippen LogP contribution in [0.25, 0.3) is 0 Å². The molecule has 1 amide bonds. The van der Waals surface area contributed by atoms with Crippen LogP contribution in [0.15, 0.2) is 28.7 Å². The highest BCUT2D eigenvalue weighted by molar-refractivity contribution is 9.10. The summed E-state index contributed by atoms with van der Waals surface area (Å²) in [6.45, 7) is 3.82. The Labute approximate surface area is 110 Å². The Kier molecular flexibility index (Phi) is 5.11. The van der Waals surface area contributed by atoms with Crippen molar-refractivity contribution < 1.29 is 9.90 Å². The number of carbonyl (C=O) groups excluding carboxylic acids is 1. The second-order valence-electron chi connectivity index (χ2n) is 4.45. The summed E-state index contributed by atoms with van der Waals surface area (Å²) >= 11 is 3.33. The molecule has 0 aromatic heterocycles. The number of hydrogen-bond donors (Lipinski definition) is 3. The van der Waals surface area contributed by atoms with E-state index in [2.05, 4.69) is 26.6 Å². The molecule has 4 nitrogen and oxygen atoms in total. The fourth-order valence-corrected chi connectivity index (χ4v) is 1.38. The van der Waals surface area contributed by atoms with Crippen molar-refractivity contribution in [3.63, 3.8) is 0 Å². The summed E-state index contributed by atoms with van der Waals surface area (Å²) < 4.78 is 0.968. The van der Waals surface area contributed by atoms with Crippen LogP contribution < -0.4 is 10.6 Å². The fraction of sp³-hybridized carbons (Fsp3) is 0.417. The van der Waals surface area contributed by atoms with Gasteiger partial charge in [-0.1, -0.05) is 15.9 Å². The van der Waals surface area contributed by atoms with E-state index in [1.807, 2.05) is 38.1 Å². The van der Waals surface area contributed by atoms with Crippen LogP contribution in [0, 0.1) is 0 Å². The van der Waals surface area contributed by atoms with Crippen LogP contribution in [0.5, 0.6) is 0 Å². The first-order valence-electron chi connectivity index (χ1n) is 5.34. The second-order valence-corrected chi connectivity index (χ2v) is 5.37. The normalized spacial score (nSPS) is 11.3. The summed E-state index contributed by atoms with van der Waals surface area (Å²) in [4.78, 5) is 11.6. The van der Waals surface area contributed by atoms with Crippen molar-refractivity contribution in [3.05, 3.63) is 28.7 Å². The Bertz CT molecular complexity index is 377.